The third kappa shape index (κ3) is 2.65. The number of thiazole rings is 1. The van der Waals surface area contributed by atoms with Crippen molar-refractivity contribution in [2.24, 2.45) is 0 Å². The van der Waals surface area contributed by atoms with E-state index >= 15 is 0 Å². The number of methoxy groups -OCH3 is 2. The van der Waals surface area contributed by atoms with Crippen LogP contribution < -0.4 is 9.47 Å². The number of benzene rings is 1. The van der Waals surface area contributed by atoms with Gasteiger partial charge in [0.2, 0.25) is 0 Å². The Morgan fingerprint density at radius 1 is 1.21 bits per heavy atom. The molecule has 1 heterocycles. The summed E-state index contributed by atoms with van der Waals surface area (Å²) in [5.41, 5.74) is 1.47. The van der Waals surface area contributed by atoms with Crippen LogP contribution in [0.15, 0.2) is 18.2 Å². The van der Waals surface area contributed by atoms with Gasteiger partial charge in [-0.25, -0.2) is 9.78 Å². The van der Waals surface area contributed by atoms with Gasteiger partial charge in [0.25, 0.3) is 0 Å². The molecular formula is C18H21NO4S. The Bertz CT molecular complexity index is 762. The lowest BCUT2D eigenvalue weighted by Crippen LogP contribution is -2.23. The van der Waals surface area contributed by atoms with Crippen LogP contribution >= 0.6 is 11.3 Å². The standard InChI is InChI=1S/C18H21NO4S/c1-11-15(16(20)21)24-17(19-11)18(8-4-5-9-18)12-6-7-13(22-2)14(10-12)23-3/h6-7,10H,4-5,8-9H2,1-3H3,(H,20,21). The number of ether oxygens (including phenoxy) is 2. The second kappa shape index (κ2) is 6.43. The molecular weight excluding hydrogens is 326 g/mol. The fraction of sp³-hybridized carbons (Fsp3) is 0.444. The molecule has 128 valence electrons. The van der Waals surface area contributed by atoms with Crippen molar-refractivity contribution in [2.45, 2.75) is 38.0 Å². The SMILES string of the molecule is COc1ccc(C2(c3nc(C)c(C(=O)O)s3)CCCC2)cc1OC. The number of carbonyl (C=O) groups is 1. The predicted molar refractivity (Wildman–Crippen MR) is 92.6 cm³/mol. The maximum Gasteiger partial charge on any atom is 0.347 e. The Balaban J connectivity index is 2.13. The molecule has 3 rings (SSSR count). The Hall–Kier alpha value is -2.08. The predicted octanol–water partition coefficient (Wildman–Crippen LogP) is 4.03. The van der Waals surface area contributed by atoms with Crippen LogP contribution in [0.3, 0.4) is 0 Å². The Morgan fingerprint density at radius 2 is 1.88 bits per heavy atom. The highest BCUT2D eigenvalue weighted by Crippen LogP contribution is 2.49. The number of carboxylic acid groups (broad SMARTS) is 1. The minimum atomic E-state index is -0.906. The zero-order valence-corrected chi connectivity index (χ0v) is 14.9. The molecule has 0 radical (unpaired) electrons. The maximum atomic E-state index is 11.4. The minimum Gasteiger partial charge on any atom is -0.493 e. The quantitative estimate of drug-likeness (QED) is 0.884. The number of aromatic nitrogens is 1. The molecule has 1 aliphatic rings. The molecule has 1 N–H and O–H groups in total. The highest BCUT2D eigenvalue weighted by atomic mass is 32.1. The van der Waals surface area contributed by atoms with Gasteiger partial charge in [-0.1, -0.05) is 18.9 Å². The van der Waals surface area contributed by atoms with E-state index < -0.39 is 5.97 Å². The van der Waals surface area contributed by atoms with Crippen LogP contribution in [0, 0.1) is 6.92 Å². The average molecular weight is 347 g/mol. The summed E-state index contributed by atoms with van der Waals surface area (Å²) in [6.45, 7) is 1.76. The molecule has 0 unspecified atom stereocenters. The summed E-state index contributed by atoms with van der Waals surface area (Å²) in [6, 6.07) is 5.96. The van der Waals surface area contributed by atoms with Gasteiger partial charge in [-0.05, 0) is 37.5 Å². The van der Waals surface area contributed by atoms with Crippen LogP contribution in [-0.2, 0) is 5.41 Å². The van der Waals surface area contributed by atoms with Crippen molar-refractivity contribution in [3.8, 4) is 11.5 Å². The van der Waals surface area contributed by atoms with E-state index in [-0.39, 0.29) is 5.41 Å². The molecule has 1 aromatic heterocycles. The van der Waals surface area contributed by atoms with Gasteiger partial charge < -0.3 is 14.6 Å². The summed E-state index contributed by atoms with van der Waals surface area (Å²) in [6.07, 6.45) is 4.15. The molecule has 2 aromatic rings. The lowest BCUT2D eigenvalue weighted by molar-refractivity contribution is 0.0701. The number of aryl methyl sites for hydroxylation is 1. The van der Waals surface area contributed by atoms with Crippen LogP contribution in [0.5, 0.6) is 11.5 Å². The average Bonchev–Trinajstić information content (AvgIpc) is 3.21. The zero-order chi connectivity index (χ0) is 17.3. The molecule has 0 saturated heterocycles. The first-order valence-electron chi connectivity index (χ1n) is 7.95. The van der Waals surface area contributed by atoms with Crippen LogP contribution in [0.1, 0.15) is 51.6 Å². The second-order valence-corrected chi connectivity index (χ2v) is 7.10. The number of rotatable bonds is 5. The van der Waals surface area contributed by atoms with Gasteiger partial charge in [-0.2, -0.15) is 0 Å². The molecule has 0 bridgehead atoms. The minimum absolute atomic E-state index is 0.233. The molecule has 24 heavy (non-hydrogen) atoms. The molecule has 1 saturated carbocycles. The first-order chi connectivity index (χ1) is 11.5. The maximum absolute atomic E-state index is 11.4. The van der Waals surface area contributed by atoms with Gasteiger partial charge in [-0.15, -0.1) is 11.3 Å². The molecule has 5 nitrogen and oxygen atoms in total. The van der Waals surface area contributed by atoms with Crippen molar-refractivity contribution in [3.05, 3.63) is 39.3 Å². The Labute approximate surface area is 145 Å². The number of nitrogens with zero attached hydrogens (tertiary/aromatic N) is 1. The largest absolute Gasteiger partial charge is 0.493 e. The third-order valence-electron chi connectivity index (χ3n) is 4.79. The van der Waals surface area contributed by atoms with Crippen LogP contribution in [0.2, 0.25) is 0 Å². The van der Waals surface area contributed by atoms with E-state index in [0.717, 1.165) is 36.3 Å². The van der Waals surface area contributed by atoms with E-state index in [4.69, 9.17) is 9.47 Å². The highest BCUT2D eigenvalue weighted by molar-refractivity contribution is 7.13. The highest BCUT2D eigenvalue weighted by Gasteiger charge is 2.41. The topological polar surface area (TPSA) is 68.7 Å². The first kappa shape index (κ1) is 16.8. The fourth-order valence-electron chi connectivity index (χ4n) is 3.54. The summed E-state index contributed by atoms with van der Waals surface area (Å²) in [4.78, 5) is 16.4. The van der Waals surface area contributed by atoms with Crippen molar-refractivity contribution in [1.29, 1.82) is 0 Å². The van der Waals surface area contributed by atoms with Crippen molar-refractivity contribution in [1.82, 2.24) is 4.98 Å². The van der Waals surface area contributed by atoms with Gasteiger partial charge in [0.1, 0.15) is 9.88 Å². The van der Waals surface area contributed by atoms with Gasteiger partial charge >= 0.3 is 5.97 Å². The van der Waals surface area contributed by atoms with Crippen molar-refractivity contribution in [2.75, 3.05) is 14.2 Å². The van der Waals surface area contributed by atoms with Crippen molar-refractivity contribution >= 4 is 17.3 Å². The summed E-state index contributed by atoms with van der Waals surface area (Å²) in [7, 11) is 3.24. The van der Waals surface area contributed by atoms with Crippen LogP contribution in [0.25, 0.3) is 0 Å². The second-order valence-electron chi connectivity index (χ2n) is 6.10. The molecule has 0 spiro atoms. The summed E-state index contributed by atoms with van der Waals surface area (Å²) >= 11 is 1.30. The first-order valence-corrected chi connectivity index (χ1v) is 8.77. The Morgan fingerprint density at radius 3 is 2.42 bits per heavy atom. The molecule has 0 aliphatic heterocycles. The molecule has 1 fully saturated rings. The number of aromatic carboxylic acids is 1. The van der Waals surface area contributed by atoms with E-state index in [0.29, 0.717) is 22.1 Å². The fourth-order valence-corrected chi connectivity index (χ4v) is 4.71. The van der Waals surface area contributed by atoms with E-state index in [1.54, 1.807) is 21.1 Å². The third-order valence-corrected chi connectivity index (χ3v) is 6.14. The van der Waals surface area contributed by atoms with E-state index in [1.807, 2.05) is 18.2 Å². The number of hydrogen-bond acceptors (Lipinski definition) is 5. The van der Waals surface area contributed by atoms with Crippen molar-refractivity contribution < 1.29 is 19.4 Å². The van der Waals surface area contributed by atoms with Gasteiger partial charge in [-0.3, -0.25) is 0 Å². The lowest BCUT2D eigenvalue weighted by atomic mass is 9.79. The van der Waals surface area contributed by atoms with E-state index in [1.165, 1.54) is 11.3 Å². The van der Waals surface area contributed by atoms with Gasteiger partial charge in [0.05, 0.1) is 19.9 Å². The smallest absolute Gasteiger partial charge is 0.347 e. The normalized spacial score (nSPS) is 16.1. The monoisotopic (exact) mass is 347 g/mol. The molecule has 1 aromatic carbocycles. The van der Waals surface area contributed by atoms with Crippen LogP contribution in [0.4, 0.5) is 0 Å². The zero-order valence-electron chi connectivity index (χ0n) is 14.1. The number of carboxylic acids is 1. The summed E-state index contributed by atoms with van der Waals surface area (Å²) < 4.78 is 10.8. The Kier molecular flexibility index (Phi) is 4.49. The van der Waals surface area contributed by atoms with Crippen LogP contribution in [-0.4, -0.2) is 30.3 Å². The van der Waals surface area contributed by atoms with Crippen molar-refractivity contribution in [3.63, 3.8) is 0 Å². The molecule has 1 aliphatic carbocycles. The van der Waals surface area contributed by atoms with E-state index in [2.05, 4.69) is 4.98 Å². The number of hydrogen-bond donors (Lipinski definition) is 1. The van der Waals surface area contributed by atoms with E-state index in [9.17, 15) is 9.90 Å². The summed E-state index contributed by atoms with van der Waals surface area (Å²) in [5, 5.41) is 10.3. The lowest BCUT2D eigenvalue weighted by Gasteiger charge is -2.28. The van der Waals surface area contributed by atoms with Gasteiger partial charge in [0.15, 0.2) is 11.5 Å². The molecule has 6 heteroatoms. The molecule has 0 atom stereocenters. The molecule has 0 amide bonds. The summed E-state index contributed by atoms with van der Waals surface area (Å²) in [5.74, 6) is 0.473. The van der Waals surface area contributed by atoms with Gasteiger partial charge in [0, 0.05) is 5.41 Å².